The summed E-state index contributed by atoms with van der Waals surface area (Å²) in [6.07, 6.45) is 0. The third-order valence-corrected chi connectivity index (χ3v) is 4.26. The second kappa shape index (κ2) is 6.79. The summed E-state index contributed by atoms with van der Waals surface area (Å²) in [5, 5.41) is 0.798. The topological polar surface area (TPSA) is 35.9 Å². The second-order valence-corrected chi connectivity index (χ2v) is 6.41. The van der Waals surface area contributed by atoms with Crippen molar-refractivity contribution < 1.29 is 9.42 Å². The van der Waals surface area contributed by atoms with Crippen LogP contribution >= 0.6 is 8.38 Å². The van der Waals surface area contributed by atoms with Gasteiger partial charge < -0.3 is 19.2 Å². The number of benzene rings is 2. The standard InChI is InChI=1S/C16H21N2O2P/c1-17(2)13-5-9-15(10-6-13)20-21(19)16-11-7-14(8-12-16)18(3)4/h5-12,19H,1-4H3. The van der Waals surface area contributed by atoms with Crippen molar-refractivity contribution in [1.29, 1.82) is 0 Å². The summed E-state index contributed by atoms with van der Waals surface area (Å²) < 4.78 is 5.62. The molecule has 1 unspecified atom stereocenters. The molecule has 0 radical (unpaired) electrons. The number of rotatable bonds is 5. The molecule has 2 rings (SSSR count). The van der Waals surface area contributed by atoms with Gasteiger partial charge in [-0.05, 0) is 48.5 Å². The average Bonchev–Trinajstić information content (AvgIpc) is 2.47. The fourth-order valence-corrected chi connectivity index (χ4v) is 2.67. The molecule has 1 N–H and O–H groups in total. The van der Waals surface area contributed by atoms with E-state index in [1.807, 2.05) is 86.5 Å². The Balaban J connectivity index is 2.04. The van der Waals surface area contributed by atoms with E-state index in [1.165, 1.54) is 0 Å². The van der Waals surface area contributed by atoms with Gasteiger partial charge in [0.15, 0.2) is 0 Å². The van der Waals surface area contributed by atoms with Gasteiger partial charge in [0.2, 0.25) is 0 Å². The highest BCUT2D eigenvalue weighted by atomic mass is 31.2. The van der Waals surface area contributed by atoms with Crippen molar-refractivity contribution in [2.75, 3.05) is 38.0 Å². The van der Waals surface area contributed by atoms with Gasteiger partial charge in [0.05, 0.1) is 0 Å². The minimum Gasteiger partial charge on any atom is -0.444 e. The van der Waals surface area contributed by atoms with Gasteiger partial charge in [-0.2, -0.15) is 0 Å². The van der Waals surface area contributed by atoms with Gasteiger partial charge in [-0.1, -0.05) is 0 Å². The van der Waals surface area contributed by atoms with Crippen LogP contribution in [0.5, 0.6) is 5.75 Å². The van der Waals surface area contributed by atoms with Gasteiger partial charge in [-0.25, -0.2) is 0 Å². The Morgan fingerprint density at radius 2 is 1.19 bits per heavy atom. The van der Waals surface area contributed by atoms with Crippen molar-refractivity contribution in [1.82, 2.24) is 0 Å². The summed E-state index contributed by atoms with van der Waals surface area (Å²) in [6, 6.07) is 15.4. The lowest BCUT2D eigenvalue weighted by Gasteiger charge is -2.16. The van der Waals surface area contributed by atoms with E-state index in [0.29, 0.717) is 5.75 Å². The molecule has 0 spiro atoms. The van der Waals surface area contributed by atoms with Crippen LogP contribution in [0.3, 0.4) is 0 Å². The highest BCUT2D eigenvalue weighted by Gasteiger charge is 2.11. The smallest absolute Gasteiger partial charge is 0.262 e. The first-order chi connectivity index (χ1) is 9.97. The molecule has 2 aromatic rings. The Bertz CT molecular complexity index is 568. The number of nitrogens with zero attached hydrogens (tertiary/aromatic N) is 2. The van der Waals surface area contributed by atoms with Gasteiger partial charge in [0.1, 0.15) is 5.75 Å². The summed E-state index contributed by atoms with van der Waals surface area (Å²) in [5.41, 5.74) is 2.19. The zero-order valence-corrected chi connectivity index (χ0v) is 13.7. The third kappa shape index (κ3) is 4.10. The molecule has 0 amide bonds. The summed E-state index contributed by atoms with van der Waals surface area (Å²) in [7, 11) is 6.31. The summed E-state index contributed by atoms with van der Waals surface area (Å²) in [4.78, 5) is 14.2. The number of hydrogen-bond acceptors (Lipinski definition) is 4. The van der Waals surface area contributed by atoms with Crippen LogP contribution in [0.2, 0.25) is 0 Å². The first kappa shape index (κ1) is 15.6. The maximum Gasteiger partial charge on any atom is 0.262 e. The molecular formula is C16H21N2O2P. The lowest BCUT2D eigenvalue weighted by molar-refractivity contribution is 0.499. The van der Waals surface area contributed by atoms with Crippen molar-refractivity contribution in [3.05, 3.63) is 48.5 Å². The van der Waals surface area contributed by atoms with E-state index in [4.69, 9.17) is 4.52 Å². The van der Waals surface area contributed by atoms with Crippen LogP contribution < -0.4 is 19.6 Å². The van der Waals surface area contributed by atoms with E-state index in [1.54, 1.807) is 0 Å². The van der Waals surface area contributed by atoms with E-state index in [0.717, 1.165) is 16.7 Å². The molecule has 0 saturated carbocycles. The summed E-state index contributed by atoms with van der Waals surface area (Å²) in [5.74, 6) is 0.672. The molecule has 0 aliphatic heterocycles. The predicted octanol–water partition coefficient (Wildman–Crippen LogP) is 2.83. The van der Waals surface area contributed by atoms with Crippen LogP contribution in [0, 0.1) is 0 Å². The van der Waals surface area contributed by atoms with Crippen LogP contribution in [0.15, 0.2) is 48.5 Å². The Labute approximate surface area is 127 Å². The molecule has 0 fully saturated rings. The molecule has 0 bridgehead atoms. The monoisotopic (exact) mass is 304 g/mol. The Hall–Kier alpha value is -1.77. The van der Waals surface area contributed by atoms with Gasteiger partial charge in [-0.15, -0.1) is 0 Å². The van der Waals surface area contributed by atoms with Crippen LogP contribution in [-0.4, -0.2) is 33.1 Å². The molecule has 4 nitrogen and oxygen atoms in total. The molecule has 5 heteroatoms. The zero-order valence-electron chi connectivity index (χ0n) is 12.8. The molecule has 0 saturated heterocycles. The first-order valence-electron chi connectivity index (χ1n) is 6.69. The number of hydrogen-bond donors (Lipinski definition) is 1. The van der Waals surface area contributed by atoms with Gasteiger partial charge in [0.25, 0.3) is 8.38 Å². The predicted molar refractivity (Wildman–Crippen MR) is 90.9 cm³/mol. The van der Waals surface area contributed by atoms with Crippen LogP contribution in [0.1, 0.15) is 0 Å². The minimum atomic E-state index is -1.64. The SMILES string of the molecule is CN(C)c1ccc(OP(O)c2ccc(N(C)C)cc2)cc1. The van der Waals surface area contributed by atoms with Crippen LogP contribution in [-0.2, 0) is 0 Å². The largest absolute Gasteiger partial charge is 0.444 e. The fraction of sp³-hybridized carbons (Fsp3) is 0.250. The lowest BCUT2D eigenvalue weighted by atomic mass is 10.3. The van der Waals surface area contributed by atoms with Gasteiger partial charge >= 0.3 is 0 Å². The molecule has 21 heavy (non-hydrogen) atoms. The maximum atomic E-state index is 10.2. The molecule has 0 aromatic heterocycles. The molecule has 1 atom stereocenters. The quantitative estimate of drug-likeness (QED) is 0.862. The molecule has 0 aliphatic rings. The van der Waals surface area contributed by atoms with Crippen molar-refractivity contribution in [3.63, 3.8) is 0 Å². The van der Waals surface area contributed by atoms with Crippen molar-refractivity contribution in [3.8, 4) is 5.75 Å². The Morgan fingerprint density at radius 3 is 1.62 bits per heavy atom. The highest BCUT2D eigenvalue weighted by Crippen LogP contribution is 2.33. The fourth-order valence-electron chi connectivity index (χ4n) is 1.84. The van der Waals surface area contributed by atoms with E-state index >= 15 is 0 Å². The van der Waals surface area contributed by atoms with E-state index in [9.17, 15) is 4.89 Å². The van der Waals surface area contributed by atoms with Gasteiger partial charge in [-0.3, -0.25) is 0 Å². The van der Waals surface area contributed by atoms with Crippen molar-refractivity contribution >= 4 is 25.1 Å². The lowest BCUT2D eigenvalue weighted by Crippen LogP contribution is -2.11. The maximum absolute atomic E-state index is 10.2. The normalized spacial score (nSPS) is 11.9. The molecular weight excluding hydrogens is 283 g/mol. The van der Waals surface area contributed by atoms with Crippen LogP contribution in [0.25, 0.3) is 0 Å². The number of anilines is 2. The molecule has 112 valence electrons. The van der Waals surface area contributed by atoms with E-state index in [-0.39, 0.29) is 0 Å². The van der Waals surface area contributed by atoms with Crippen molar-refractivity contribution in [2.24, 2.45) is 0 Å². The summed E-state index contributed by atoms with van der Waals surface area (Å²) in [6.45, 7) is 0. The van der Waals surface area contributed by atoms with Crippen molar-refractivity contribution in [2.45, 2.75) is 0 Å². The Kier molecular flexibility index (Phi) is 5.05. The Morgan fingerprint density at radius 1 is 0.762 bits per heavy atom. The summed E-state index contributed by atoms with van der Waals surface area (Å²) >= 11 is 0. The van der Waals surface area contributed by atoms with Gasteiger partial charge in [0, 0.05) is 44.9 Å². The molecule has 0 aliphatic carbocycles. The zero-order chi connectivity index (χ0) is 15.4. The van der Waals surface area contributed by atoms with E-state index < -0.39 is 8.38 Å². The second-order valence-electron chi connectivity index (χ2n) is 5.16. The minimum absolute atomic E-state index is 0.672. The highest BCUT2D eigenvalue weighted by molar-refractivity contribution is 7.55. The average molecular weight is 304 g/mol. The van der Waals surface area contributed by atoms with Crippen LogP contribution in [0.4, 0.5) is 11.4 Å². The first-order valence-corrected chi connectivity index (χ1v) is 7.90. The molecule has 0 heterocycles. The molecule has 2 aromatic carbocycles. The van der Waals surface area contributed by atoms with E-state index in [2.05, 4.69) is 0 Å². The third-order valence-electron chi connectivity index (χ3n) is 3.13.